The molecule has 0 saturated heterocycles. The molecule has 0 bridgehead atoms. The number of allylic oxidation sites excluding steroid dienone is 1. The van der Waals surface area contributed by atoms with Crippen LogP contribution < -0.4 is 5.63 Å². The molecule has 2 heterocycles. The molecule has 19 heavy (non-hydrogen) atoms. The third-order valence-electron chi connectivity index (χ3n) is 4.01. The van der Waals surface area contributed by atoms with Gasteiger partial charge in [0, 0.05) is 12.3 Å². The second-order valence-electron chi connectivity index (χ2n) is 5.45. The van der Waals surface area contributed by atoms with E-state index in [0.717, 1.165) is 30.3 Å². The van der Waals surface area contributed by atoms with Crippen LogP contribution in [0.3, 0.4) is 0 Å². The van der Waals surface area contributed by atoms with Crippen LogP contribution in [0.15, 0.2) is 33.6 Å². The van der Waals surface area contributed by atoms with Gasteiger partial charge in [-0.15, -0.1) is 0 Å². The molecule has 98 valence electrons. The predicted molar refractivity (Wildman–Crippen MR) is 75.3 cm³/mol. The van der Waals surface area contributed by atoms with Crippen molar-refractivity contribution in [2.24, 2.45) is 5.92 Å². The Bertz CT molecular complexity index is 727. The lowest BCUT2D eigenvalue weighted by molar-refractivity contribution is 0.484. The van der Waals surface area contributed by atoms with Crippen LogP contribution in [-0.2, 0) is 12.8 Å². The molecule has 1 atom stereocenters. The molecular weight excluding hydrogens is 238 g/mol. The van der Waals surface area contributed by atoms with E-state index in [1.54, 1.807) is 6.92 Å². The van der Waals surface area contributed by atoms with Crippen LogP contribution in [-0.4, -0.2) is 4.98 Å². The molecule has 2 aromatic heterocycles. The fraction of sp³-hybridized carbons (Fsp3) is 0.375. The van der Waals surface area contributed by atoms with Crippen LogP contribution in [0.25, 0.3) is 10.9 Å². The third kappa shape index (κ3) is 1.99. The molecule has 1 aliphatic rings. The molecule has 3 rings (SSSR count). The van der Waals surface area contributed by atoms with E-state index in [-0.39, 0.29) is 5.63 Å². The lowest BCUT2D eigenvalue weighted by atomic mass is 9.80. The Morgan fingerprint density at radius 1 is 1.53 bits per heavy atom. The van der Waals surface area contributed by atoms with E-state index in [4.69, 9.17) is 4.42 Å². The van der Waals surface area contributed by atoms with Crippen LogP contribution in [0.5, 0.6) is 0 Å². The Morgan fingerprint density at radius 2 is 2.32 bits per heavy atom. The molecule has 3 nitrogen and oxygen atoms in total. The van der Waals surface area contributed by atoms with E-state index in [1.165, 1.54) is 11.1 Å². The average molecular weight is 255 g/mol. The maximum atomic E-state index is 12.1. The Hall–Kier alpha value is -1.90. The molecule has 0 radical (unpaired) electrons. The SMILES string of the molecule is C=C(C)[C@@H]1CCc2cnc3cc(C)oc(=O)c3c2C1. The maximum Gasteiger partial charge on any atom is 0.345 e. The van der Waals surface area contributed by atoms with Gasteiger partial charge in [0.15, 0.2) is 0 Å². The maximum absolute atomic E-state index is 12.1. The summed E-state index contributed by atoms with van der Waals surface area (Å²) in [6, 6.07) is 1.83. The zero-order chi connectivity index (χ0) is 13.6. The van der Waals surface area contributed by atoms with Gasteiger partial charge < -0.3 is 4.42 Å². The zero-order valence-electron chi connectivity index (χ0n) is 11.3. The van der Waals surface area contributed by atoms with Gasteiger partial charge in [-0.05, 0) is 50.2 Å². The fourth-order valence-electron chi connectivity index (χ4n) is 2.91. The molecule has 0 aliphatic heterocycles. The van der Waals surface area contributed by atoms with Crippen molar-refractivity contribution >= 4 is 10.9 Å². The van der Waals surface area contributed by atoms with Gasteiger partial charge in [-0.1, -0.05) is 12.2 Å². The highest BCUT2D eigenvalue weighted by Crippen LogP contribution is 2.32. The van der Waals surface area contributed by atoms with E-state index in [9.17, 15) is 4.79 Å². The summed E-state index contributed by atoms with van der Waals surface area (Å²) in [4.78, 5) is 16.5. The standard InChI is InChI=1S/C16H17NO2/c1-9(2)11-4-5-12-8-17-14-6-10(3)19-16(18)15(14)13(12)7-11/h6,8,11H,1,4-5,7H2,2-3H3/t11-/m1/s1. The van der Waals surface area contributed by atoms with Crippen LogP contribution in [0.4, 0.5) is 0 Å². The molecule has 0 fully saturated rings. The summed E-state index contributed by atoms with van der Waals surface area (Å²) in [6.07, 6.45) is 4.83. The summed E-state index contributed by atoms with van der Waals surface area (Å²) >= 11 is 0. The van der Waals surface area contributed by atoms with E-state index in [2.05, 4.69) is 18.5 Å². The van der Waals surface area contributed by atoms with Crippen molar-refractivity contribution in [2.45, 2.75) is 33.1 Å². The number of pyridine rings is 1. The number of fused-ring (bicyclic) bond motifs is 3. The van der Waals surface area contributed by atoms with Crippen molar-refractivity contribution in [3.8, 4) is 0 Å². The normalized spacial score (nSPS) is 18.3. The van der Waals surface area contributed by atoms with Crippen molar-refractivity contribution in [2.75, 3.05) is 0 Å². The molecule has 1 aliphatic carbocycles. The zero-order valence-corrected chi connectivity index (χ0v) is 11.3. The highest BCUT2D eigenvalue weighted by atomic mass is 16.4. The highest BCUT2D eigenvalue weighted by Gasteiger charge is 2.23. The van der Waals surface area contributed by atoms with Crippen molar-refractivity contribution < 1.29 is 4.42 Å². The number of hydrogen-bond donors (Lipinski definition) is 0. The first-order chi connectivity index (χ1) is 9.06. The summed E-state index contributed by atoms with van der Waals surface area (Å²) in [5, 5.41) is 0.661. The lowest BCUT2D eigenvalue weighted by Crippen LogP contribution is -2.18. The van der Waals surface area contributed by atoms with Crippen LogP contribution >= 0.6 is 0 Å². The smallest absolute Gasteiger partial charge is 0.345 e. The van der Waals surface area contributed by atoms with Gasteiger partial charge in [0.1, 0.15) is 5.76 Å². The second kappa shape index (κ2) is 4.34. The van der Waals surface area contributed by atoms with Crippen molar-refractivity contribution in [1.82, 2.24) is 4.98 Å². The molecule has 3 heteroatoms. The highest BCUT2D eigenvalue weighted by molar-refractivity contribution is 5.82. The Kier molecular flexibility index (Phi) is 2.77. The third-order valence-corrected chi connectivity index (χ3v) is 4.01. The Balaban J connectivity index is 2.26. The number of rotatable bonds is 1. The summed E-state index contributed by atoms with van der Waals surface area (Å²) < 4.78 is 5.23. The van der Waals surface area contributed by atoms with Crippen molar-refractivity contribution in [3.05, 3.63) is 51.7 Å². The minimum absolute atomic E-state index is 0.262. The molecule has 0 spiro atoms. The van der Waals surface area contributed by atoms with Gasteiger partial charge >= 0.3 is 5.63 Å². The summed E-state index contributed by atoms with van der Waals surface area (Å²) in [5.41, 5.74) is 3.96. The molecule has 0 unspecified atom stereocenters. The molecule has 2 aromatic rings. The first-order valence-electron chi connectivity index (χ1n) is 6.63. The van der Waals surface area contributed by atoms with E-state index < -0.39 is 0 Å². The molecular formula is C16H17NO2. The van der Waals surface area contributed by atoms with Gasteiger partial charge in [-0.2, -0.15) is 0 Å². The molecule has 0 saturated carbocycles. The molecule has 0 aromatic carbocycles. The van der Waals surface area contributed by atoms with E-state index in [1.807, 2.05) is 12.3 Å². The first kappa shape index (κ1) is 12.2. The van der Waals surface area contributed by atoms with E-state index >= 15 is 0 Å². The summed E-state index contributed by atoms with van der Waals surface area (Å²) in [6.45, 7) is 7.89. The van der Waals surface area contributed by atoms with Crippen molar-refractivity contribution in [1.29, 1.82) is 0 Å². The Morgan fingerprint density at radius 3 is 3.05 bits per heavy atom. The molecule has 0 N–H and O–H groups in total. The van der Waals surface area contributed by atoms with Gasteiger partial charge in [-0.3, -0.25) is 4.98 Å². The topological polar surface area (TPSA) is 43.1 Å². The van der Waals surface area contributed by atoms with Crippen LogP contribution in [0.1, 0.15) is 30.2 Å². The predicted octanol–water partition coefficient (Wildman–Crippen LogP) is 3.18. The van der Waals surface area contributed by atoms with Crippen LogP contribution in [0, 0.1) is 12.8 Å². The fourth-order valence-corrected chi connectivity index (χ4v) is 2.91. The van der Waals surface area contributed by atoms with E-state index in [0.29, 0.717) is 17.1 Å². The number of hydrogen-bond acceptors (Lipinski definition) is 3. The monoisotopic (exact) mass is 255 g/mol. The van der Waals surface area contributed by atoms with Gasteiger partial charge in [-0.25, -0.2) is 4.79 Å². The number of aromatic nitrogens is 1. The van der Waals surface area contributed by atoms with Gasteiger partial charge in [0.05, 0.1) is 10.9 Å². The number of nitrogens with zero attached hydrogens (tertiary/aromatic N) is 1. The summed E-state index contributed by atoms with van der Waals surface area (Å²) in [5.74, 6) is 1.07. The first-order valence-corrected chi connectivity index (χ1v) is 6.63. The summed E-state index contributed by atoms with van der Waals surface area (Å²) in [7, 11) is 0. The lowest BCUT2D eigenvalue weighted by Gasteiger charge is -2.25. The quantitative estimate of drug-likeness (QED) is 0.735. The van der Waals surface area contributed by atoms with Gasteiger partial charge in [0.2, 0.25) is 0 Å². The second-order valence-corrected chi connectivity index (χ2v) is 5.45. The Labute approximate surface area is 112 Å². The molecule has 0 amide bonds. The van der Waals surface area contributed by atoms with Crippen molar-refractivity contribution in [3.63, 3.8) is 0 Å². The largest absolute Gasteiger partial charge is 0.428 e. The number of aryl methyl sites for hydroxylation is 2. The minimum atomic E-state index is -0.262. The average Bonchev–Trinajstić information content (AvgIpc) is 2.36. The minimum Gasteiger partial charge on any atom is -0.428 e. The van der Waals surface area contributed by atoms with Gasteiger partial charge in [0.25, 0.3) is 0 Å². The van der Waals surface area contributed by atoms with Crippen LogP contribution in [0.2, 0.25) is 0 Å².